The first kappa shape index (κ1) is 49.2. The molecule has 20 heteroatoms. The molecule has 16 nitrogen and oxygen atoms in total. The van der Waals surface area contributed by atoms with E-state index in [0.717, 1.165) is 24.3 Å². The van der Waals surface area contributed by atoms with Crippen molar-refractivity contribution < 1.29 is 50.8 Å². The number of carbonyl (C=O) groups excluding carboxylic acids is 2. The number of fused-ring (bicyclic) bond motifs is 2. The van der Waals surface area contributed by atoms with Crippen molar-refractivity contribution in [1.29, 1.82) is 0 Å². The number of ether oxygens (including phenoxy) is 5. The minimum absolute atomic E-state index is 0.0328. The number of aromatic nitrogens is 4. The van der Waals surface area contributed by atoms with Gasteiger partial charge >= 0.3 is 0 Å². The molecular formula is C48H53F4N9O7. The highest BCUT2D eigenvalue weighted by molar-refractivity contribution is 5.99. The number of morpholine rings is 2. The van der Waals surface area contributed by atoms with Gasteiger partial charge < -0.3 is 49.4 Å². The molecule has 2 aliphatic rings. The number of halogens is 4. The SMILES string of the molecule is COCCNC(=O)c1cc(C(C)Nc2cc(F)cc(F)c2)c2nc(N3CCOCC3)cnc2c1.COCCNC(=O)c1cc(C(C)Oc2cc(F)cc(F)c2)c2nc(N3CCOCC3)cnc2c1. The summed E-state index contributed by atoms with van der Waals surface area (Å²) in [5.74, 6) is -2.01. The summed E-state index contributed by atoms with van der Waals surface area (Å²) >= 11 is 0. The molecule has 2 atom stereocenters. The third-order valence-electron chi connectivity index (χ3n) is 11.0. The minimum Gasteiger partial charge on any atom is -0.486 e. The van der Waals surface area contributed by atoms with Gasteiger partial charge in [-0.05, 0) is 50.2 Å². The largest absolute Gasteiger partial charge is 0.486 e. The fourth-order valence-corrected chi connectivity index (χ4v) is 7.62. The number of carbonyl (C=O) groups is 2. The van der Waals surface area contributed by atoms with E-state index in [0.29, 0.717) is 135 Å². The molecule has 360 valence electrons. The third kappa shape index (κ3) is 12.8. The highest BCUT2D eigenvalue weighted by Crippen LogP contribution is 2.32. The van der Waals surface area contributed by atoms with Gasteiger partial charge in [0.15, 0.2) is 0 Å². The summed E-state index contributed by atoms with van der Waals surface area (Å²) in [6.45, 7) is 10.2. The van der Waals surface area contributed by atoms with E-state index in [1.807, 2.05) is 6.92 Å². The molecule has 2 fully saturated rings. The van der Waals surface area contributed by atoms with E-state index in [9.17, 15) is 27.2 Å². The summed E-state index contributed by atoms with van der Waals surface area (Å²) in [6.07, 6.45) is 2.67. The van der Waals surface area contributed by atoms with Crippen LogP contribution in [0.5, 0.6) is 5.75 Å². The molecule has 0 aliphatic carbocycles. The molecule has 3 N–H and O–H groups in total. The van der Waals surface area contributed by atoms with E-state index < -0.39 is 35.4 Å². The average molecular weight is 944 g/mol. The lowest BCUT2D eigenvalue weighted by atomic mass is 10.0. The number of hydrogen-bond donors (Lipinski definition) is 3. The van der Waals surface area contributed by atoms with E-state index in [4.69, 9.17) is 33.7 Å². The first-order valence-corrected chi connectivity index (χ1v) is 22.1. The Morgan fingerprint density at radius 1 is 0.632 bits per heavy atom. The second-order valence-corrected chi connectivity index (χ2v) is 15.9. The van der Waals surface area contributed by atoms with Crippen molar-refractivity contribution in [1.82, 2.24) is 30.6 Å². The van der Waals surface area contributed by atoms with E-state index in [1.54, 1.807) is 57.8 Å². The fraction of sp³-hybridized carbons (Fsp3) is 0.375. The van der Waals surface area contributed by atoms with Crippen molar-refractivity contribution in [2.45, 2.75) is 26.0 Å². The molecule has 2 aliphatic heterocycles. The van der Waals surface area contributed by atoms with E-state index in [1.165, 1.54) is 12.1 Å². The van der Waals surface area contributed by atoms with Crippen LogP contribution in [0.15, 0.2) is 73.1 Å². The molecule has 2 aromatic heterocycles. The van der Waals surface area contributed by atoms with Gasteiger partial charge in [-0.25, -0.2) is 27.5 Å². The molecular weight excluding hydrogens is 891 g/mol. The minimum atomic E-state index is -0.743. The smallest absolute Gasteiger partial charge is 0.251 e. The lowest BCUT2D eigenvalue weighted by molar-refractivity contribution is 0.0929. The summed E-state index contributed by atoms with van der Waals surface area (Å²) in [5, 5.41) is 8.71. The Kier molecular flexibility index (Phi) is 16.9. The van der Waals surface area contributed by atoms with Crippen LogP contribution in [-0.4, -0.2) is 125 Å². The van der Waals surface area contributed by atoms with Crippen LogP contribution in [0.3, 0.4) is 0 Å². The average Bonchev–Trinajstić information content (AvgIpc) is 3.33. The first-order valence-electron chi connectivity index (χ1n) is 22.1. The van der Waals surface area contributed by atoms with Gasteiger partial charge in [-0.2, -0.15) is 0 Å². The maximum atomic E-state index is 13.7. The standard InChI is InChI=1S/C24H27F2N5O3.C24H26F2N4O4/c1-15(29-19-12-17(25)11-18(26)13-19)20-9-16(24(32)27-3-6-33-2)10-21-23(20)30-22(14-28-21)31-4-7-34-8-5-31;1-15(34-19-12-17(25)11-18(26)13-19)20-9-16(24(31)27-3-6-32-2)10-21-23(20)29-22(14-28-21)30-4-7-33-8-5-30/h9-15,29H,3-8H2,1-2H3,(H,27,32);9-15H,3-8H2,1-2H3,(H,27,31). The Bertz CT molecular complexity index is 2480. The lowest BCUT2D eigenvalue weighted by Crippen LogP contribution is -2.36. The normalized spacial score (nSPS) is 14.8. The summed E-state index contributed by atoms with van der Waals surface area (Å²) in [4.78, 5) is 48.4. The van der Waals surface area contributed by atoms with E-state index in [2.05, 4.69) is 35.7 Å². The van der Waals surface area contributed by atoms with Crippen LogP contribution in [0.25, 0.3) is 22.1 Å². The number of benzene rings is 4. The van der Waals surface area contributed by atoms with E-state index in [-0.39, 0.29) is 23.3 Å². The molecule has 0 saturated carbocycles. The Morgan fingerprint density at radius 2 is 1.07 bits per heavy atom. The quantitative estimate of drug-likeness (QED) is 0.0704. The van der Waals surface area contributed by atoms with Crippen molar-refractivity contribution in [2.75, 3.05) is 108 Å². The fourth-order valence-electron chi connectivity index (χ4n) is 7.62. The third-order valence-corrected chi connectivity index (χ3v) is 11.0. The molecule has 6 aromatic rings. The number of amides is 2. The van der Waals surface area contributed by atoms with Crippen LogP contribution >= 0.6 is 0 Å². The molecule has 0 radical (unpaired) electrons. The van der Waals surface area contributed by atoms with Crippen LogP contribution in [0.2, 0.25) is 0 Å². The van der Waals surface area contributed by atoms with Crippen LogP contribution in [0.4, 0.5) is 34.9 Å². The van der Waals surface area contributed by atoms with Crippen LogP contribution in [0, 0.1) is 23.3 Å². The highest BCUT2D eigenvalue weighted by atomic mass is 19.1. The van der Waals surface area contributed by atoms with Crippen molar-refractivity contribution >= 4 is 51.2 Å². The van der Waals surface area contributed by atoms with Gasteiger partial charge in [0.2, 0.25) is 0 Å². The molecule has 2 unspecified atom stereocenters. The number of anilines is 3. The number of hydrogen-bond acceptors (Lipinski definition) is 14. The molecule has 2 saturated heterocycles. The van der Waals surface area contributed by atoms with Crippen molar-refractivity contribution in [2.24, 2.45) is 0 Å². The maximum Gasteiger partial charge on any atom is 0.251 e. The van der Waals surface area contributed by atoms with Crippen LogP contribution in [0.1, 0.15) is 57.8 Å². The van der Waals surface area contributed by atoms with Gasteiger partial charge in [-0.1, -0.05) is 0 Å². The Labute approximate surface area is 390 Å². The second kappa shape index (κ2) is 23.3. The zero-order valence-electron chi connectivity index (χ0n) is 38.1. The molecule has 0 bridgehead atoms. The summed E-state index contributed by atoms with van der Waals surface area (Å²) in [6, 6.07) is 12.6. The van der Waals surface area contributed by atoms with Gasteiger partial charge in [-0.15, -0.1) is 0 Å². The van der Waals surface area contributed by atoms with Gasteiger partial charge in [-0.3, -0.25) is 19.6 Å². The molecule has 4 heterocycles. The zero-order chi connectivity index (χ0) is 48.2. The Hall–Kier alpha value is -6.74. The summed E-state index contributed by atoms with van der Waals surface area (Å²) in [5.41, 5.74) is 4.52. The first-order chi connectivity index (χ1) is 32.9. The van der Waals surface area contributed by atoms with E-state index >= 15 is 0 Å². The lowest BCUT2D eigenvalue weighted by Gasteiger charge is -2.28. The maximum absolute atomic E-state index is 13.7. The molecule has 2 amide bonds. The monoisotopic (exact) mass is 943 g/mol. The van der Waals surface area contributed by atoms with Crippen molar-refractivity contribution in [3.63, 3.8) is 0 Å². The molecule has 68 heavy (non-hydrogen) atoms. The van der Waals surface area contributed by atoms with Gasteiger partial charge in [0, 0.05) is 106 Å². The molecule has 4 aromatic carbocycles. The van der Waals surface area contributed by atoms with Gasteiger partial charge in [0.05, 0.1) is 80.1 Å². The van der Waals surface area contributed by atoms with Crippen LogP contribution in [-0.2, 0) is 18.9 Å². The summed E-state index contributed by atoms with van der Waals surface area (Å²) < 4.78 is 81.5. The Morgan fingerprint density at radius 3 is 1.54 bits per heavy atom. The number of rotatable bonds is 16. The predicted octanol–water partition coefficient (Wildman–Crippen LogP) is 6.55. The zero-order valence-corrected chi connectivity index (χ0v) is 38.1. The van der Waals surface area contributed by atoms with Gasteiger partial charge in [0.1, 0.15) is 46.8 Å². The van der Waals surface area contributed by atoms with Crippen LogP contribution < -0.4 is 30.5 Å². The second-order valence-electron chi connectivity index (χ2n) is 15.9. The van der Waals surface area contributed by atoms with Crippen molar-refractivity contribution in [3.05, 3.63) is 119 Å². The number of nitrogens with zero attached hydrogens (tertiary/aromatic N) is 6. The Balaban J connectivity index is 0.000000201. The summed E-state index contributed by atoms with van der Waals surface area (Å²) in [7, 11) is 3.11. The van der Waals surface area contributed by atoms with Gasteiger partial charge in [0.25, 0.3) is 11.8 Å². The number of methoxy groups -OCH3 is 2. The predicted molar refractivity (Wildman–Crippen MR) is 247 cm³/mol. The molecule has 0 spiro atoms. The van der Waals surface area contributed by atoms with Crippen molar-refractivity contribution in [3.8, 4) is 5.75 Å². The topological polar surface area (TPSA) is 174 Å². The molecule has 8 rings (SSSR count). The highest BCUT2D eigenvalue weighted by Gasteiger charge is 2.23. The number of nitrogens with one attached hydrogen (secondary N) is 3.